The SMILES string of the molecule is COc1ccc(CCC(=O)N2CCN(CCSc3ccc(Cl)cc3)CC2)cc1. The topological polar surface area (TPSA) is 32.8 Å². The van der Waals surface area contributed by atoms with Crippen molar-refractivity contribution in [3.63, 3.8) is 0 Å². The van der Waals surface area contributed by atoms with Gasteiger partial charge in [-0.15, -0.1) is 11.8 Å². The third-order valence-electron chi connectivity index (χ3n) is 5.00. The number of amides is 1. The summed E-state index contributed by atoms with van der Waals surface area (Å²) >= 11 is 7.77. The monoisotopic (exact) mass is 418 g/mol. The van der Waals surface area contributed by atoms with E-state index in [1.807, 2.05) is 53.1 Å². The second-order valence-corrected chi connectivity index (χ2v) is 8.48. The molecule has 1 heterocycles. The number of carbonyl (C=O) groups excluding carboxylic acids is 1. The first-order valence-corrected chi connectivity index (χ1v) is 11.0. The molecule has 1 saturated heterocycles. The molecule has 1 aliphatic rings. The normalized spacial score (nSPS) is 14.9. The Hall–Kier alpha value is -1.69. The molecular weight excluding hydrogens is 392 g/mol. The van der Waals surface area contributed by atoms with Gasteiger partial charge in [0.15, 0.2) is 0 Å². The molecule has 6 heteroatoms. The first-order chi connectivity index (χ1) is 13.6. The molecule has 28 heavy (non-hydrogen) atoms. The summed E-state index contributed by atoms with van der Waals surface area (Å²) in [6.45, 7) is 4.60. The van der Waals surface area contributed by atoms with Gasteiger partial charge in [0.1, 0.15) is 5.75 Å². The molecule has 4 nitrogen and oxygen atoms in total. The number of carbonyl (C=O) groups is 1. The molecule has 2 aromatic rings. The number of thioether (sulfide) groups is 1. The van der Waals surface area contributed by atoms with Crippen molar-refractivity contribution >= 4 is 29.3 Å². The molecule has 0 saturated carbocycles. The van der Waals surface area contributed by atoms with Crippen molar-refractivity contribution < 1.29 is 9.53 Å². The van der Waals surface area contributed by atoms with Gasteiger partial charge in [-0.2, -0.15) is 0 Å². The fourth-order valence-corrected chi connectivity index (χ4v) is 4.29. The molecule has 0 bridgehead atoms. The average Bonchev–Trinajstić information content (AvgIpc) is 2.74. The van der Waals surface area contributed by atoms with E-state index in [9.17, 15) is 4.79 Å². The average molecular weight is 419 g/mol. The maximum Gasteiger partial charge on any atom is 0.222 e. The quantitative estimate of drug-likeness (QED) is 0.601. The molecule has 0 aliphatic carbocycles. The van der Waals surface area contributed by atoms with E-state index in [1.165, 1.54) is 10.5 Å². The minimum Gasteiger partial charge on any atom is -0.497 e. The molecule has 150 valence electrons. The van der Waals surface area contributed by atoms with Gasteiger partial charge in [-0.3, -0.25) is 9.69 Å². The van der Waals surface area contributed by atoms with Crippen LogP contribution < -0.4 is 4.74 Å². The lowest BCUT2D eigenvalue weighted by atomic mass is 10.1. The first kappa shape index (κ1) is 21.0. The van der Waals surface area contributed by atoms with Crippen LogP contribution in [0.4, 0.5) is 0 Å². The van der Waals surface area contributed by atoms with Crippen molar-refractivity contribution in [3.8, 4) is 5.75 Å². The number of piperazine rings is 1. The van der Waals surface area contributed by atoms with E-state index in [2.05, 4.69) is 17.0 Å². The van der Waals surface area contributed by atoms with Crippen molar-refractivity contribution in [1.29, 1.82) is 0 Å². The highest BCUT2D eigenvalue weighted by Gasteiger charge is 2.20. The van der Waals surface area contributed by atoms with Gasteiger partial charge in [0.25, 0.3) is 0 Å². The van der Waals surface area contributed by atoms with E-state index in [0.717, 1.165) is 55.7 Å². The maximum absolute atomic E-state index is 12.5. The fourth-order valence-electron chi connectivity index (χ4n) is 3.25. The maximum atomic E-state index is 12.5. The number of hydrogen-bond donors (Lipinski definition) is 0. The molecule has 0 spiro atoms. The van der Waals surface area contributed by atoms with Crippen molar-refractivity contribution in [2.75, 3.05) is 45.6 Å². The molecule has 1 aliphatic heterocycles. The van der Waals surface area contributed by atoms with Crippen molar-refractivity contribution in [2.24, 2.45) is 0 Å². The second kappa shape index (κ2) is 10.7. The summed E-state index contributed by atoms with van der Waals surface area (Å²) in [6.07, 6.45) is 1.35. The van der Waals surface area contributed by atoms with Gasteiger partial charge in [0.2, 0.25) is 5.91 Å². The summed E-state index contributed by atoms with van der Waals surface area (Å²) in [5.74, 6) is 2.15. The van der Waals surface area contributed by atoms with Gasteiger partial charge in [-0.25, -0.2) is 0 Å². The van der Waals surface area contributed by atoms with Crippen molar-refractivity contribution in [3.05, 3.63) is 59.1 Å². The van der Waals surface area contributed by atoms with Gasteiger partial charge in [-0.05, 0) is 48.4 Å². The standard InChI is InChI=1S/C22H27ClN2O2S/c1-27-20-7-2-18(3-8-20)4-11-22(26)25-14-12-24(13-15-25)16-17-28-21-9-5-19(23)6-10-21/h2-3,5-10H,4,11-17H2,1H3. The van der Waals surface area contributed by atoms with Crippen LogP contribution in [0.1, 0.15) is 12.0 Å². The van der Waals surface area contributed by atoms with Crippen LogP contribution in [-0.4, -0.2) is 61.3 Å². The predicted molar refractivity (Wildman–Crippen MR) is 117 cm³/mol. The number of methoxy groups -OCH3 is 1. The number of halogens is 1. The Morgan fingerprint density at radius 2 is 1.71 bits per heavy atom. The predicted octanol–water partition coefficient (Wildman–Crippen LogP) is 4.22. The Labute approximate surface area is 176 Å². The lowest BCUT2D eigenvalue weighted by Crippen LogP contribution is -2.49. The number of rotatable bonds is 8. The minimum atomic E-state index is 0.256. The Morgan fingerprint density at radius 1 is 1.04 bits per heavy atom. The summed E-state index contributed by atoms with van der Waals surface area (Å²) < 4.78 is 5.17. The van der Waals surface area contributed by atoms with Crippen molar-refractivity contribution in [2.45, 2.75) is 17.7 Å². The van der Waals surface area contributed by atoms with Gasteiger partial charge in [0, 0.05) is 54.8 Å². The highest BCUT2D eigenvalue weighted by atomic mass is 35.5. The number of hydrogen-bond acceptors (Lipinski definition) is 4. The highest BCUT2D eigenvalue weighted by Crippen LogP contribution is 2.20. The van der Waals surface area contributed by atoms with Crippen LogP contribution in [-0.2, 0) is 11.2 Å². The summed E-state index contributed by atoms with van der Waals surface area (Å²) in [7, 11) is 1.66. The molecule has 0 N–H and O–H groups in total. The van der Waals surface area contributed by atoms with Crippen LogP contribution in [0.3, 0.4) is 0 Å². The van der Waals surface area contributed by atoms with Crippen LogP contribution >= 0.6 is 23.4 Å². The molecular formula is C22H27ClN2O2S. The summed E-state index contributed by atoms with van der Waals surface area (Å²) in [4.78, 5) is 18.2. The minimum absolute atomic E-state index is 0.256. The molecule has 0 atom stereocenters. The van der Waals surface area contributed by atoms with Crippen LogP contribution in [0, 0.1) is 0 Å². The molecule has 0 unspecified atom stereocenters. The number of ether oxygens (including phenoxy) is 1. The van der Waals surface area contributed by atoms with Gasteiger partial charge < -0.3 is 9.64 Å². The smallest absolute Gasteiger partial charge is 0.222 e. The zero-order valence-corrected chi connectivity index (χ0v) is 17.8. The molecule has 1 fully saturated rings. The van der Waals surface area contributed by atoms with E-state index in [-0.39, 0.29) is 5.91 Å². The molecule has 0 radical (unpaired) electrons. The Kier molecular flexibility index (Phi) is 8.07. The highest BCUT2D eigenvalue weighted by molar-refractivity contribution is 7.99. The van der Waals surface area contributed by atoms with E-state index < -0.39 is 0 Å². The largest absolute Gasteiger partial charge is 0.497 e. The first-order valence-electron chi connectivity index (χ1n) is 9.65. The third-order valence-corrected chi connectivity index (χ3v) is 6.25. The fraction of sp³-hybridized carbons (Fsp3) is 0.409. The van der Waals surface area contributed by atoms with Gasteiger partial charge in [0.05, 0.1) is 7.11 Å². The van der Waals surface area contributed by atoms with E-state index >= 15 is 0 Å². The lowest BCUT2D eigenvalue weighted by Gasteiger charge is -2.34. The van der Waals surface area contributed by atoms with Gasteiger partial charge in [-0.1, -0.05) is 23.7 Å². The zero-order chi connectivity index (χ0) is 19.8. The summed E-state index contributed by atoms with van der Waals surface area (Å²) in [5, 5.41) is 0.775. The number of aryl methyl sites for hydroxylation is 1. The van der Waals surface area contributed by atoms with E-state index in [4.69, 9.17) is 16.3 Å². The van der Waals surface area contributed by atoms with Crippen LogP contribution in [0.5, 0.6) is 5.75 Å². The number of benzene rings is 2. The Balaban J connectivity index is 1.33. The van der Waals surface area contributed by atoms with Crippen molar-refractivity contribution in [1.82, 2.24) is 9.80 Å². The number of nitrogens with zero attached hydrogens (tertiary/aromatic N) is 2. The third kappa shape index (κ3) is 6.43. The Morgan fingerprint density at radius 3 is 2.36 bits per heavy atom. The lowest BCUT2D eigenvalue weighted by molar-refractivity contribution is -0.132. The van der Waals surface area contributed by atoms with E-state index in [0.29, 0.717) is 6.42 Å². The summed E-state index contributed by atoms with van der Waals surface area (Å²) in [5.41, 5.74) is 1.17. The second-order valence-electron chi connectivity index (χ2n) is 6.87. The molecule has 3 rings (SSSR count). The van der Waals surface area contributed by atoms with Crippen LogP contribution in [0.25, 0.3) is 0 Å². The zero-order valence-electron chi connectivity index (χ0n) is 16.3. The summed E-state index contributed by atoms with van der Waals surface area (Å²) in [6, 6.07) is 15.9. The molecule has 0 aromatic heterocycles. The van der Waals surface area contributed by atoms with Crippen LogP contribution in [0.15, 0.2) is 53.4 Å². The Bertz CT molecular complexity index is 744. The van der Waals surface area contributed by atoms with Crippen LogP contribution in [0.2, 0.25) is 5.02 Å². The molecule has 2 aromatic carbocycles. The van der Waals surface area contributed by atoms with Gasteiger partial charge >= 0.3 is 0 Å². The van der Waals surface area contributed by atoms with E-state index in [1.54, 1.807) is 7.11 Å². The molecule has 1 amide bonds.